The summed E-state index contributed by atoms with van der Waals surface area (Å²) < 4.78 is 13.3. The van der Waals surface area contributed by atoms with Crippen molar-refractivity contribution in [3.63, 3.8) is 0 Å². The van der Waals surface area contributed by atoms with E-state index in [9.17, 15) is 9.50 Å². The molecule has 2 N–H and O–H groups in total. The summed E-state index contributed by atoms with van der Waals surface area (Å²) >= 11 is 0. The summed E-state index contributed by atoms with van der Waals surface area (Å²) in [6.45, 7) is 0.631. The molecule has 1 heterocycles. The van der Waals surface area contributed by atoms with Crippen LogP contribution in [-0.2, 0) is 6.42 Å². The Morgan fingerprint density at radius 3 is 2.86 bits per heavy atom. The molecule has 0 atom stereocenters. The number of halogens is 1. The fourth-order valence-corrected chi connectivity index (χ4v) is 2.21. The van der Waals surface area contributed by atoms with Gasteiger partial charge in [0.2, 0.25) is 0 Å². The van der Waals surface area contributed by atoms with E-state index in [-0.39, 0.29) is 11.6 Å². The first-order chi connectivity index (χ1) is 10.2. The van der Waals surface area contributed by atoms with Gasteiger partial charge in [0.15, 0.2) is 0 Å². The van der Waals surface area contributed by atoms with Crippen LogP contribution in [0, 0.1) is 5.82 Å². The number of phenolic OH excluding ortho intramolecular Hbond substituents is 1. The molecule has 2 aromatic carbocycles. The minimum atomic E-state index is -0.312. The normalized spacial score (nSPS) is 10.7. The first-order valence-corrected chi connectivity index (χ1v) is 6.64. The molecule has 1 aromatic heterocycles. The summed E-state index contributed by atoms with van der Waals surface area (Å²) in [5, 5.41) is 13.3. The quantitative estimate of drug-likeness (QED) is 0.772. The van der Waals surface area contributed by atoms with Gasteiger partial charge in [-0.1, -0.05) is 12.1 Å². The number of phenols is 1. The molecule has 0 amide bonds. The van der Waals surface area contributed by atoms with Gasteiger partial charge in [0.05, 0.1) is 5.52 Å². The fourth-order valence-electron chi connectivity index (χ4n) is 2.21. The van der Waals surface area contributed by atoms with Crippen molar-refractivity contribution in [1.29, 1.82) is 0 Å². The second kappa shape index (κ2) is 5.75. The maximum Gasteiger partial charge on any atom is 0.137 e. The van der Waals surface area contributed by atoms with Crippen LogP contribution in [-0.4, -0.2) is 21.6 Å². The molecule has 0 saturated carbocycles. The Kier molecular flexibility index (Phi) is 3.64. The molecule has 0 fully saturated rings. The maximum atomic E-state index is 13.3. The van der Waals surface area contributed by atoms with Gasteiger partial charge < -0.3 is 10.4 Å². The summed E-state index contributed by atoms with van der Waals surface area (Å²) in [4.78, 5) is 8.27. The summed E-state index contributed by atoms with van der Waals surface area (Å²) in [5.74, 6) is 0.551. The SMILES string of the molecule is Oc1cccc(CCNc2ncnc3ccc(F)cc23)c1. The van der Waals surface area contributed by atoms with Gasteiger partial charge in [0, 0.05) is 11.9 Å². The number of nitrogens with zero attached hydrogens (tertiary/aromatic N) is 2. The van der Waals surface area contributed by atoms with Crippen LogP contribution in [0.2, 0.25) is 0 Å². The predicted octanol–water partition coefficient (Wildman–Crippen LogP) is 3.13. The van der Waals surface area contributed by atoms with Gasteiger partial charge in [-0.15, -0.1) is 0 Å². The van der Waals surface area contributed by atoms with Crippen molar-refractivity contribution in [2.24, 2.45) is 0 Å². The molecule has 3 aromatic rings. The van der Waals surface area contributed by atoms with E-state index in [2.05, 4.69) is 15.3 Å². The second-order valence-electron chi connectivity index (χ2n) is 4.73. The molecule has 4 nitrogen and oxygen atoms in total. The third-order valence-corrected chi connectivity index (χ3v) is 3.21. The van der Waals surface area contributed by atoms with Gasteiger partial charge in [0.1, 0.15) is 23.7 Å². The van der Waals surface area contributed by atoms with E-state index in [4.69, 9.17) is 0 Å². The first-order valence-electron chi connectivity index (χ1n) is 6.64. The molecule has 106 valence electrons. The minimum absolute atomic E-state index is 0.252. The number of fused-ring (bicyclic) bond motifs is 1. The zero-order chi connectivity index (χ0) is 14.7. The Bertz CT molecular complexity index is 776. The van der Waals surface area contributed by atoms with Crippen LogP contribution in [0.3, 0.4) is 0 Å². The van der Waals surface area contributed by atoms with Gasteiger partial charge in [-0.25, -0.2) is 14.4 Å². The zero-order valence-corrected chi connectivity index (χ0v) is 11.3. The smallest absolute Gasteiger partial charge is 0.137 e. The summed E-state index contributed by atoms with van der Waals surface area (Å²) in [5.41, 5.74) is 1.72. The fraction of sp³-hybridized carbons (Fsp3) is 0.125. The number of hydrogen-bond donors (Lipinski definition) is 2. The molecule has 0 aliphatic rings. The molecule has 0 saturated heterocycles. The van der Waals surface area contributed by atoms with E-state index in [1.807, 2.05) is 6.07 Å². The third-order valence-electron chi connectivity index (χ3n) is 3.21. The number of rotatable bonds is 4. The van der Waals surface area contributed by atoms with Crippen LogP contribution in [0.25, 0.3) is 10.9 Å². The summed E-state index contributed by atoms with van der Waals surface area (Å²) in [6.07, 6.45) is 2.19. The Balaban J connectivity index is 1.75. The lowest BCUT2D eigenvalue weighted by Gasteiger charge is -2.08. The molecular weight excluding hydrogens is 269 g/mol. The zero-order valence-electron chi connectivity index (χ0n) is 11.3. The lowest BCUT2D eigenvalue weighted by Crippen LogP contribution is -2.07. The summed E-state index contributed by atoms with van der Waals surface area (Å²) in [6, 6.07) is 11.5. The highest BCUT2D eigenvalue weighted by molar-refractivity contribution is 5.88. The Labute approximate surface area is 121 Å². The lowest BCUT2D eigenvalue weighted by atomic mass is 10.1. The third kappa shape index (κ3) is 3.08. The van der Waals surface area contributed by atoms with Gasteiger partial charge in [-0.05, 0) is 42.3 Å². The Hall–Kier alpha value is -2.69. The second-order valence-corrected chi connectivity index (χ2v) is 4.73. The highest BCUT2D eigenvalue weighted by Gasteiger charge is 2.04. The average molecular weight is 283 g/mol. The number of aromatic hydroxyl groups is 1. The van der Waals surface area contributed by atoms with E-state index in [1.165, 1.54) is 18.5 Å². The lowest BCUT2D eigenvalue weighted by molar-refractivity contribution is 0.474. The molecule has 5 heteroatoms. The van der Waals surface area contributed by atoms with E-state index >= 15 is 0 Å². The van der Waals surface area contributed by atoms with Crippen LogP contribution in [0.1, 0.15) is 5.56 Å². The van der Waals surface area contributed by atoms with Crippen molar-refractivity contribution in [2.45, 2.75) is 6.42 Å². The molecule has 0 aliphatic carbocycles. The van der Waals surface area contributed by atoms with Gasteiger partial charge in [-0.2, -0.15) is 0 Å². The Morgan fingerprint density at radius 1 is 1.10 bits per heavy atom. The van der Waals surface area contributed by atoms with E-state index < -0.39 is 0 Å². The van der Waals surface area contributed by atoms with Crippen LogP contribution in [0.4, 0.5) is 10.2 Å². The van der Waals surface area contributed by atoms with Crippen molar-refractivity contribution < 1.29 is 9.50 Å². The van der Waals surface area contributed by atoms with Crippen LogP contribution in [0.15, 0.2) is 48.8 Å². The number of anilines is 1. The van der Waals surface area contributed by atoms with Crippen molar-refractivity contribution in [2.75, 3.05) is 11.9 Å². The minimum Gasteiger partial charge on any atom is -0.508 e. The van der Waals surface area contributed by atoms with Crippen molar-refractivity contribution >= 4 is 16.7 Å². The number of hydrogen-bond acceptors (Lipinski definition) is 4. The molecule has 0 aliphatic heterocycles. The Morgan fingerprint density at radius 2 is 2.00 bits per heavy atom. The molecule has 0 radical (unpaired) electrons. The standard InChI is InChI=1S/C16H14FN3O/c17-12-4-5-15-14(9-12)16(20-10-19-15)18-7-6-11-2-1-3-13(21)8-11/h1-5,8-10,21H,6-7H2,(H,18,19,20). The highest BCUT2D eigenvalue weighted by Crippen LogP contribution is 2.20. The van der Waals surface area contributed by atoms with Crippen molar-refractivity contribution in [1.82, 2.24) is 9.97 Å². The van der Waals surface area contributed by atoms with Gasteiger partial charge in [-0.3, -0.25) is 0 Å². The van der Waals surface area contributed by atoms with E-state index in [0.717, 1.165) is 12.0 Å². The molecule has 3 rings (SSSR count). The van der Waals surface area contributed by atoms with Crippen LogP contribution < -0.4 is 5.32 Å². The highest BCUT2D eigenvalue weighted by atomic mass is 19.1. The number of benzene rings is 2. The van der Waals surface area contributed by atoms with Crippen LogP contribution in [0.5, 0.6) is 5.75 Å². The van der Waals surface area contributed by atoms with Crippen molar-refractivity contribution in [3.05, 3.63) is 60.2 Å². The van der Waals surface area contributed by atoms with Gasteiger partial charge >= 0.3 is 0 Å². The van der Waals surface area contributed by atoms with E-state index in [0.29, 0.717) is 23.3 Å². The molecule has 0 bridgehead atoms. The first kappa shape index (κ1) is 13.3. The molecular formula is C16H14FN3O. The molecule has 21 heavy (non-hydrogen) atoms. The average Bonchev–Trinajstić information content (AvgIpc) is 2.48. The molecule has 0 spiro atoms. The number of aromatic nitrogens is 2. The largest absolute Gasteiger partial charge is 0.508 e. The van der Waals surface area contributed by atoms with Gasteiger partial charge in [0.25, 0.3) is 0 Å². The molecule has 0 unspecified atom stereocenters. The van der Waals surface area contributed by atoms with Crippen molar-refractivity contribution in [3.8, 4) is 5.75 Å². The van der Waals surface area contributed by atoms with Crippen LogP contribution >= 0.6 is 0 Å². The number of nitrogens with one attached hydrogen (secondary N) is 1. The van der Waals surface area contributed by atoms with E-state index in [1.54, 1.807) is 24.3 Å². The topological polar surface area (TPSA) is 58.0 Å². The maximum absolute atomic E-state index is 13.3. The predicted molar refractivity (Wildman–Crippen MR) is 79.8 cm³/mol. The monoisotopic (exact) mass is 283 g/mol. The summed E-state index contributed by atoms with van der Waals surface area (Å²) in [7, 11) is 0.